The van der Waals surface area contributed by atoms with Gasteiger partial charge in [-0.2, -0.15) is 0 Å². The highest BCUT2D eigenvalue weighted by molar-refractivity contribution is 5.88. The number of rotatable bonds is 8. The SMILES string of the molecule is C=CCCCCCC(=O)C1(N2CCCC2)CCCC1. The molecule has 2 aliphatic rings. The summed E-state index contributed by atoms with van der Waals surface area (Å²) in [5, 5.41) is 0. The van der Waals surface area contributed by atoms with Gasteiger partial charge in [-0.1, -0.05) is 25.3 Å². The molecule has 2 heteroatoms. The van der Waals surface area contributed by atoms with Gasteiger partial charge < -0.3 is 0 Å². The Morgan fingerprint density at radius 1 is 1.05 bits per heavy atom. The lowest BCUT2D eigenvalue weighted by Crippen LogP contribution is -2.51. The number of unbranched alkanes of at least 4 members (excludes halogenated alkanes) is 3. The minimum Gasteiger partial charge on any atom is -0.298 e. The molecular formula is C17H29NO. The van der Waals surface area contributed by atoms with Crippen molar-refractivity contribution < 1.29 is 4.79 Å². The summed E-state index contributed by atoms with van der Waals surface area (Å²) in [6.45, 7) is 6.06. The number of carbonyl (C=O) groups excluding carboxylic acids is 1. The van der Waals surface area contributed by atoms with Crippen molar-refractivity contribution in [2.45, 2.75) is 76.2 Å². The van der Waals surface area contributed by atoms with Crippen LogP contribution in [-0.2, 0) is 4.79 Å². The molecule has 1 aliphatic carbocycles. The summed E-state index contributed by atoms with van der Waals surface area (Å²) < 4.78 is 0. The average molecular weight is 263 g/mol. The predicted octanol–water partition coefficient (Wildman–Crippen LogP) is 4.10. The highest BCUT2D eigenvalue weighted by Gasteiger charge is 2.45. The summed E-state index contributed by atoms with van der Waals surface area (Å²) in [6.07, 6.45) is 14.6. The molecule has 2 rings (SSSR count). The van der Waals surface area contributed by atoms with Gasteiger partial charge in [0, 0.05) is 6.42 Å². The number of hydrogen-bond acceptors (Lipinski definition) is 2. The van der Waals surface area contributed by atoms with Crippen LogP contribution >= 0.6 is 0 Å². The van der Waals surface area contributed by atoms with E-state index < -0.39 is 0 Å². The maximum Gasteiger partial charge on any atom is 0.153 e. The van der Waals surface area contributed by atoms with Gasteiger partial charge in [-0.15, -0.1) is 6.58 Å². The van der Waals surface area contributed by atoms with Crippen LogP contribution in [0, 0.1) is 0 Å². The fourth-order valence-electron chi connectivity index (χ4n) is 3.86. The van der Waals surface area contributed by atoms with Gasteiger partial charge in [0.25, 0.3) is 0 Å². The highest BCUT2D eigenvalue weighted by Crippen LogP contribution is 2.39. The van der Waals surface area contributed by atoms with Gasteiger partial charge in [-0.05, 0) is 58.0 Å². The zero-order valence-electron chi connectivity index (χ0n) is 12.3. The summed E-state index contributed by atoms with van der Waals surface area (Å²) >= 11 is 0. The Hall–Kier alpha value is -0.630. The molecule has 0 aromatic rings. The van der Waals surface area contributed by atoms with Crippen LogP contribution in [-0.4, -0.2) is 29.3 Å². The lowest BCUT2D eigenvalue weighted by Gasteiger charge is -2.37. The standard InChI is InChI=1S/C17H29NO/c1-2-3-4-5-6-11-16(19)17(12-7-8-13-17)18-14-9-10-15-18/h2H,1,3-15H2. The van der Waals surface area contributed by atoms with Crippen LogP contribution in [0.25, 0.3) is 0 Å². The van der Waals surface area contributed by atoms with Crippen molar-refractivity contribution >= 4 is 5.78 Å². The second-order valence-corrected chi connectivity index (χ2v) is 6.24. The van der Waals surface area contributed by atoms with E-state index in [9.17, 15) is 4.79 Å². The molecule has 0 aromatic heterocycles. The Morgan fingerprint density at radius 3 is 2.37 bits per heavy atom. The zero-order valence-corrected chi connectivity index (χ0v) is 12.3. The molecule has 1 heterocycles. The van der Waals surface area contributed by atoms with E-state index in [2.05, 4.69) is 11.5 Å². The molecule has 19 heavy (non-hydrogen) atoms. The van der Waals surface area contributed by atoms with Crippen molar-refractivity contribution in [3.63, 3.8) is 0 Å². The van der Waals surface area contributed by atoms with Gasteiger partial charge in [0.1, 0.15) is 0 Å². The number of carbonyl (C=O) groups is 1. The summed E-state index contributed by atoms with van der Waals surface area (Å²) in [6, 6.07) is 0. The summed E-state index contributed by atoms with van der Waals surface area (Å²) in [7, 11) is 0. The van der Waals surface area contributed by atoms with E-state index in [1.165, 1.54) is 38.5 Å². The van der Waals surface area contributed by atoms with Crippen LogP contribution in [0.15, 0.2) is 12.7 Å². The number of allylic oxidation sites excluding steroid dienone is 1. The van der Waals surface area contributed by atoms with Gasteiger partial charge in [0.05, 0.1) is 5.54 Å². The largest absolute Gasteiger partial charge is 0.298 e. The number of likely N-dealkylation sites (tertiary alicyclic amines) is 1. The van der Waals surface area contributed by atoms with Crippen LogP contribution in [0.3, 0.4) is 0 Å². The van der Waals surface area contributed by atoms with Crippen molar-refractivity contribution in [2.24, 2.45) is 0 Å². The lowest BCUT2D eigenvalue weighted by molar-refractivity contribution is -0.130. The van der Waals surface area contributed by atoms with Crippen molar-refractivity contribution in [2.75, 3.05) is 13.1 Å². The van der Waals surface area contributed by atoms with E-state index in [0.717, 1.165) is 45.2 Å². The summed E-state index contributed by atoms with van der Waals surface area (Å²) in [4.78, 5) is 15.2. The van der Waals surface area contributed by atoms with Crippen LogP contribution < -0.4 is 0 Å². The van der Waals surface area contributed by atoms with E-state index in [0.29, 0.717) is 5.78 Å². The third kappa shape index (κ3) is 3.47. The number of nitrogens with zero attached hydrogens (tertiary/aromatic N) is 1. The topological polar surface area (TPSA) is 20.3 Å². The van der Waals surface area contributed by atoms with Crippen molar-refractivity contribution in [3.05, 3.63) is 12.7 Å². The predicted molar refractivity (Wildman–Crippen MR) is 80.3 cm³/mol. The maximum atomic E-state index is 12.7. The molecule has 0 N–H and O–H groups in total. The lowest BCUT2D eigenvalue weighted by atomic mass is 9.87. The highest BCUT2D eigenvalue weighted by atomic mass is 16.1. The van der Waals surface area contributed by atoms with E-state index in [1.807, 2.05) is 6.08 Å². The Balaban J connectivity index is 1.84. The molecule has 0 amide bonds. The molecule has 1 saturated heterocycles. The molecule has 1 aliphatic heterocycles. The molecule has 0 bridgehead atoms. The second kappa shape index (κ2) is 7.23. The summed E-state index contributed by atoms with van der Waals surface area (Å²) in [5.74, 6) is 0.547. The Bertz CT molecular complexity index is 298. The second-order valence-electron chi connectivity index (χ2n) is 6.24. The first kappa shape index (κ1) is 14.8. The number of hydrogen-bond donors (Lipinski definition) is 0. The average Bonchev–Trinajstić information content (AvgIpc) is 3.09. The zero-order chi connectivity index (χ0) is 13.6. The Labute approximate surface area is 118 Å². The van der Waals surface area contributed by atoms with Crippen molar-refractivity contribution in [1.82, 2.24) is 4.90 Å². The van der Waals surface area contributed by atoms with E-state index in [4.69, 9.17) is 0 Å². The molecule has 2 fully saturated rings. The molecule has 1 saturated carbocycles. The minimum absolute atomic E-state index is 0.0467. The molecule has 0 spiro atoms. The van der Waals surface area contributed by atoms with Gasteiger partial charge in [0.15, 0.2) is 5.78 Å². The van der Waals surface area contributed by atoms with E-state index in [1.54, 1.807) is 0 Å². The van der Waals surface area contributed by atoms with Gasteiger partial charge in [0.2, 0.25) is 0 Å². The first-order chi connectivity index (χ1) is 9.29. The summed E-state index contributed by atoms with van der Waals surface area (Å²) in [5.41, 5.74) is -0.0467. The molecule has 0 unspecified atom stereocenters. The molecule has 108 valence electrons. The van der Waals surface area contributed by atoms with Crippen molar-refractivity contribution in [3.8, 4) is 0 Å². The number of ketones is 1. The van der Waals surface area contributed by atoms with Crippen LogP contribution in [0.5, 0.6) is 0 Å². The molecule has 2 nitrogen and oxygen atoms in total. The molecular weight excluding hydrogens is 234 g/mol. The fraction of sp³-hybridized carbons (Fsp3) is 0.824. The molecule has 0 atom stereocenters. The van der Waals surface area contributed by atoms with Crippen LogP contribution in [0.1, 0.15) is 70.6 Å². The normalized spacial score (nSPS) is 22.7. The smallest absolute Gasteiger partial charge is 0.153 e. The fourth-order valence-corrected chi connectivity index (χ4v) is 3.86. The molecule has 0 radical (unpaired) electrons. The minimum atomic E-state index is -0.0467. The van der Waals surface area contributed by atoms with Gasteiger partial charge >= 0.3 is 0 Å². The van der Waals surface area contributed by atoms with Gasteiger partial charge in [-0.3, -0.25) is 9.69 Å². The Kier molecular flexibility index (Phi) is 5.62. The Morgan fingerprint density at radius 2 is 1.74 bits per heavy atom. The third-order valence-corrected chi connectivity index (χ3v) is 4.97. The van der Waals surface area contributed by atoms with Crippen molar-refractivity contribution in [1.29, 1.82) is 0 Å². The van der Waals surface area contributed by atoms with E-state index in [-0.39, 0.29) is 5.54 Å². The quantitative estimate of drug-likeness (QED) is 0.485. The maximum absolute atomic E-state index is 12.7. The van der Waals surface area contributed by atoms with Gasteiger partial charge in [-0.25, -0.2) is 0 Å². The van der Waals surface area contributed by atoms with Crippen LogP contribution in [0.4, 0.5) is 0 Å². The number of Topliss-reactive ketones (excluding diaryl/α,β-unsaturated/α-hetero) is 1. The van der Waals surface area contributed by atoms with E-state index >= 15 is 0 Å². The van der Waals surface area contributed by atoms with Crippen LogP contribution in [0.2, 0.25) is 0 Å². The first-order valence-corrected chi connectivity index (χ1v) is 8.19. The first-order valence-electron chi connectivity index (χ1n) is 8.19. The monoisotopic (exact) mass is 263 g/mol. The third-order valence-electron chi connectivity index (χ3n) is 4.97. The molecule has 0 aromatic carbocycles.